The molecule has 0 atom stereocenters. The lowest BCUT2D eigenvalue weighted by Crippen LogP contribution is -2.01. The summed E-state index contributed by atoms with van der Waals surface area (Å²) < 4.78 is 1.05. The molecule has 0 bridgehead atoms. The number of rotatable bonds is 4. The van der Waals surface area contributed by atoms with Gasteiger partial charge in [0.25, 0.3) is 0 Å². The van der Waals surface area contributed by atoms with E-state index in [-0.39, 0.29) is 0 Å². The van der Waals surface area contributed by atoms with Gasteiger partial charge in [0.2, 0.25) is 0 Å². The van der Waals surface area contributed by atoms with Gasteiger partial charge < -0.3 is 5.32 Å². The van der Waals surface area contributed by atoms with Crippen molar-refractivity contribution in [1.29, 1.82) is 0 Å². The summed E-state index contributed by atoms with van der Waals surface area (Å²) in [7, 11) is 0. The Labute approximate surface area is 148 Å². The lowest BCUT2D eigenvalue weighted by atomic mass is 10.1. The van der Waals surface area contributed by atoms with E-state index in [0.29, 0.717) is 11.6 Å². The quantitative estimate of drug-likeness (QED) is 0.602. The van der Waals surface area contributed by atoms with Crippen LogP contribution in [-0.4, -0.2) is 29.9 Å². The minimum atomic E-state index is 0.681. The standard InChI is InChI=1S/C17H15N7S/c1-3-13-20-5-4-14(23-13)24-17-15-16(25-10(2)22-15)12(8-21-17)11-6-18-9-19-7-11/h4-9H,3H2,1-2H3,(H,20,21,23,24). The molecule has 0 aliphatic heterocycles. The van der Waals surface area contributed by atoms with Crippen molar-refractivity contribution < 1.29 is 0 Å². The average molecular weight is 349 g/mol. The molecule has 0 saturated carbocycles. The molecule has 0 aliphatic rings. The Morgan fingerprint density at radius 3 is 2.72 bits per heavy atom. The molecule has 1 N–H and O–H groups in total. The third-order valence-electron chi connectivity index (χ3n) is 3.67. The SMILES string of the molecule is CCc1nccc(Nc2ncc(-c3cncnc3)c3sc(C)nc23)n1. The normalized spacial score (nSPS) is 11.0. The van der Waals surface area contributed by atoms with Crippen LogP contribution < -0.4 is 5.32 Å². The first-order valence-corrected chi connectivity index (χ1v) is 8.66. The van der Waals surface area contributed by atoms with Gasteiger partial charge in [-0.3, -0.25) is 0 Å². The number of anilines is 2. The fourth-order valence-corrected chi connectivity index (χ4v) is 3.47. The number of pyridine rings is 1. The van der Waals surface area contributed by atoms with Crippen molar-refractivity contribution >= 4 is 33.2 Å². The molecule has 7 nitrogen and oxygen atoms in total. The first kappa shape index (κ1) is 15.5. The second-order valence-electron chi connectivity index (χ2n) is 5.39. The maximum atomic E-state index is 4.65. The first-order valence-electron chi connectivity index (χ1n) is 7.85. The zero-order chi connectivity index (χ0) is 17.2. The van der Waals surface area contributed by atoms with Crippen molar-refractivity contribution in [3.8, 4) is 11.1 Å². The zero-order valence-corrected chi connectivity index (χ0v) is 14.6. The van der Waals surface area contributed by atoms with E-state index in [9.17, 15) is 0 Å². The number of hydrogen-bond acceptors (Lipinski definition) is 8. The molecular weight excluding hydrogens is 334 g/mol. The molecule has 4 aromatic rings. The molecule has 0 radical (unpaired) electrons. The molecular formula is C17H15N7S. The van der Waals surface area contributed by atoms with E-state index >= 15 is 0 Å². The van der Waals surface area contributed by atoms with Gasteiger partial charge >= 0.3 is 0 Å². The van der Waals surface area contributed by atoms with Crippen LogP contribution >= 0.6 is 11.3 Å². The van der Waals surface area contributed by atoms with Crippen LogP contribution in [0.4, 0.5) is 11.6 Å². The van der Waals surface area contributed by atoms with E-state index in [4.69, 9.17) is 0 Å². The summed E-state index contributed by atoms with van der Waals surface area (Å²) in [6.07, 6.45) is 9.42. The van der Waals surface area contributed by atoms with E-state index in [0.717, 1.165) is 38.6 Å². The van der Waals surface area contributed by atoms with Gasteiger partial charge in [-0.25, -0.2) is 29.9 Å². The van der Waals surface area contributed by atoms with Crippen LogP contribution in [0.1, 0.15) is 17.8 Å². The number of thiazole rings is 1. The van der Waals surface area contributed by atoms with E-state index in [1.807, 2.05) is 26.1 Å². The highest BCUT2D eigenvalue weighted by Gasteiger charge is 2.14. The lowest BCUT2D eigenvalue weighted by Gasteiger charge is -2.08. The summed E-state index contributed by atoms with van der Waals surface area (Å²) in [6, 6.07) is 1.82. The van der Waals surface area contributed by atoms with Crippen molar-refractivity contribution in [3.05, 3.63) is 48.0 Å². The molecule has 0 unspecified atom stereocenters. The number of nitrogens with zero attached hydrogens (tertiary/aromatic N) is 6. The highest BCUT2D eigenvalue weighted by atomic mass is 32.1. The van der Waals surface area contributed by atoms with E-state index < -0.39 is 0 Å². The molecule has 25 heavy (non-hydrogen) atoms. The maximum Gasteiger partial charge on any atom is 0.159 e. The maximum absolute atomic E-state index is 4.65. The summed E-state index contributed by atoms with van der Waals surface area (Å²) >= 11 is 1.63. The first-order chi connectivity index (χ1) is 12.2. The average Bonchev–Trinajstić information content (AvgIpc) is 3.04. The van der Waals surface area contributed by atoms with E-state index in [1.165, 1.54) is 6.33 Å². The molecule has 124 valence electrons. The predicted octanol–water partition coefficient (Wildman–Crippen LogP) is 3.55. The number of fused-ring (bicyclic) bond motifs is 1. The Morgan fingerprint density at radius 1 is 1.08 bits per heavy atom. The van der Waals surface area contributed by atoms with Crippen molar-refractivity contribution in [2.24, 2.45) is 0 Å². The molecule has 0 amide bonds. The monoisotopic (exact) mass is 349 g/mol. The van der Waals surface area contributed by atoms with E-state index in [1.54, 1.807) is 29.9 Å². The number of nitrogens with one attached hydrogen (secondary N) is 1. The Kier molecular flexibility index (Phi) is 4.02. The van der Waals surface area contributed by atoms with Crippen molar-refractivity contribution in [2.75, 3.05) is 5.32 Å². The number of hydrogen-bond donors (Lipinski definition) is 1. The molecule has 0 saturated heterocycles. The minimum absolute atomic E-state index is 0.681. The van der Waals surface area contributed by atoms with Crippen LogP contribution in [0.15, 0.2) is 37.2 Å². The van der Waals surface area contributed by atoms with Gasteiger partial charge in [-0.2, -0.15) is 0 Å². The molecule has 4 aromatic heterocycles. The predicted molar refractivity (Wildman–Crippen MR) is 97.9 cm³/mol. The Hall–Kier alpha value is -3.00. The molecule has 4 heterocycles. The fraction of sp³-hybridized carbons (Fsp3) is 0.176. The van der Waals surface area contributed by atoms with Crippen molar-refractivity contribution in [1.82, 2.24) is 29.9 Å². The summed E-state index contributed by atoms with van der Waals surface area (Å²) in [5, 5.41) is 4.24. The lowest BCUT2D eigenvalue weighted by molar-refractivity contribution is 0.942. The number of aryl methyl sites for hydroxylation is 2. The Balaban J connectivity index is 1.81. The van der Waals surface area contributed by atoms with Gasteiger partial charge in [-0.1, -0.05) is 6.92 Å². The van der Waals surface area contributed by atoms with Crippen molar-refractivity contribution in [2.45, 2.75) is 20.3 Å². The van der Waals surface area contributed by atoms with Crippen molar-refractivity contribution in [3.63, 3.8) is 0 Å². The van der Waals surface area contributed by atoms with Crippen LogP contribution in [0.3, 0.4) is 0 Å². The second-order valence-corrected chi connectivity index (χ2v) is 6.60. The summed E-state index contributed by atoms with van der Waals surface area (Å²) in [6.45, 7) is 4.01. The Morgan fingerprint density at radius 2 is 1.92 bits per heavy atom. The largest absolute Gasteiger partial charge is 0.323 e. The minimum Gasteiger partial charge on any atom is -0.323 e. The van der Waals surface area contributed by atoms with Crippen LogP contribution in [0, 0.1) is 6.92 Å². The molecule has 0 spiro atoms. The van der Waals surface area contributed by atoms with Crippen LogP contribution in [0.25, 0.3) is 21.3 Å². The highest BCUT2D eigenvalue weighted by Crippen LogP contribution is 2.35. The highest BCUT2D eigenvalue weighted by molar-refractivity contribution is 7.19. The third-order valence-corrected chi connectivity index (χ3v) is 4.67. The summed E-state index contributed by atoms with van der Waals surface area (Å²) in [5.74, 6) is 2.18. The smallest absolute Gasteiger partial charge is 0.159 e. The molecule has 0 aliphatic carbocycles. The van der Waals surface area contributed by atoms with Gasteiger partial charge in [0.15, 0.2) is 5.82 Å². The summed E-state index contributed by atoms with van der Waals surface area (Å²) in [4.78, 5) is 26.1. The van der Waals surface area contributed by atoms with Gasteiger partial charge in [-0.15, -0.1) is 11.3 Å². The van der Waals surface area contributed by atoms with Crippen LogP contribution in [0.5, 0.6) is 0 Å². The topological polar surface area (TPSA) is 89.4 Å². The molecule has 4 rings (SSSR count). The van der Waals surface area contributed by atoms with Crippen LogP contribution in [-0.2, 0) is 6.42 Å². The molecule has 8 heteroatoms. The van der Waals surface area contributed by atoms with Gasteiger partial charge in [0.1, 0.15) is 23.5 Å². The molecule has 0 fully saturated rings. The molecule has 0 aromatic carbocycles. The zero-order valence-electron chi connectivity index (χ0n) is 13.8. The third kappa shape index (κ3) is 3.03. The fourth-order valence-electron chi connectivity index (χ4n) is 2.51. The Bertz CT molecular complexity index is 1030. The van der Waals surface area contributed by atoms with Gasteiger partial charge in [-0.05, 0) is 13.0 Å². The van der Waals surface area contributed by atoms with E-state index in [2.05, 4.69) is 35.2 Å². The van der Waals surface area contributed by atoms with Gasteiger partial charge in [0, 0.05) is 42.3 Å². The van der Waals surface area contributed by atoms with Gasteiger partial charge in [0.05, 0.1) is 9.71 Å². The summed E-state index contributed by atoms with van der Waals surface area (Å²) in [5.41, 5.74) is 2.72. The van der Waals surface area contributed by atoms with Crippen LogP contribution in [0.2, 0.25) is 0 Å². The second kappa shape index (κ2) is 6.48. The number of aromatic nitrogens is 6.